The third-order valence-electron chi connectivity index (χ3n) is 3.07. The third-order valence-corrected chi connectivity index (χ3v) is 3.39. The zero-order valence-corrected chi connectivity index (χ0v) is 17.9. The van der Waals surface area contributed by atoms with Crippen LogP contribution in [0.2, 0.25) is 5.02 Å². The number of benzene rings is 2. The summed E-state index contributed by atoms with van der Waals surface area (Å²) in [6, 6.07) is 13.1. The van der Waals surface area contributed by atoms with Crippen LogP contribution in [-0.4, -0.2) is 11.3 Å². The Bertz CT molecular complexity index is 669. The summed E-state index contributed by atoms with van der Waals surface area (Å²) in [5.74, 6) is 0.274. The molecular formula is C17H18Cl3NOZr. The Balaban J connectivity index is 0.000000816. The topological polar surface area (TPSA) is 32.6 Å². The fraction of sp³-hybridized carbons (Fsp3) is 0.235. The molecule has 0 aliphatic rings. The molecule has 23 heavy (non-hydrogen) atoms. The molecule has 0 amide bonds. The van der Waals surface area contributed by atoms with E-state index in [9.17, 15) is 5.11 Å². The molecule has 0 fully saturated rings. The Labute approximate surface area is 161 Å². The summed E-state index contributed by atoms with van der Waals surface area (Å²) in [6.45, 7) is 6.20. The van der Waals surface area contributed by atoms with Gasteiger partial charge in [-0.15, -0.1) is 0 Å². The van der Waals surface area contributed by atoms with Gasteiger partial charge in [-0.2, -0.15) is 0 Å². The second-order valence-electron chi connectivity index (χ2n) is 5.77. The van der Waals surface area contributed by atoms with Crippen molar-refractivity contribution in [2.24, 2.45) is 4.99 Å². The van der Waals surface area contributed by atoms with Gasteiger partial charge in [0.15, 0.2) is 0 Å². The van der Waals surface area contributed by atoms with Crippen LogP contribution in [0, 0.1) is 0 Å². The molecule has 2 aromatic carbocycles. The molecule has 2 aromatic rings. The Kier molecular flexibility index (Phi) is 8.86. The number of para-hydroxylation sites is 2. The van der Waals surface area contributed by atoms with E-state index in [0.717, 1.165) is 5.56 Å². The Hall–Kier alpha value is -0.337. The molecule has 0 saturated carbocycles. The van der Waals surface area contributed by atoms with Gasteiger partial charge in [0.25, 0.3) is 0 Å². The Morgan fingerprint density at radius 1 is 1.04 bits per heavy atom. The van der Waals surface area contributed by atoms with E-state index >= 15 is 0 Å². The standard InChI is InChI=1S/C17H18ClNO.2ClH.Zr/c1-17(2,3)13-8-6-7-12(16(13)20)11-19-15-10-5-4-9-14(15)18;;;/h4-11,20H,1-3H3;2*1H;/q;;;+2/p-2. The summed E-state index contributed by atoms with van der Waals surface area (Å²) in [5.41, 5.74) is 2.17. The first kappa shape index (κ1) is 20.7. The summed E-state index contributed by atoms with van der Waals surface area (Å²) in [4.78, 5) is 4.34. The molecule has 1 N–H and O–H groups in total. The molecule has 0 aliphatic heterocycles. The molecule has 2 rings (SSSR count). The third kappa shape index (κ3) is 6.59. The molecular weight excluding hydrogens is 432 g/mol. The van der Waals surface area contributed by atoms with Crippen molar-refractivity contribution in [3.63, 3.8) is 0 Å². The molecule has 0 spiro atoms. The summed E-state index contributed by atoms with van der Waals surface area (Å²) < 4.78 is 0. The fourth-order valence-corrected chi connectivity index (χ4v) is 2.15. The van der Waals surface area contributed by atoms with E-state index in [1.54, 1.807) is 12.3 Å². The molecule has 0 aliphatic carbocycles. The number of phenols is 1. The van der Waals surface area contributed by atoms with Crippen LogP contribution in [0.25, 0.3) is 0 Å². The van der Waals surface area contributed by atoms with Gasteiger partial charge in [-0.3, -0.25) is 4.99 Å². The zero-order chi connectivity index (χ0) is 17.5. The van der Waals surface area contributed by atoms with Gasteiger partial charge < -0.3 is 5.11 Å². The van der Waals surface area contributed by atoms with Gasteiger partial charge in [-0.25, -0.2) is 0 Å². The first-order valence-electron chi connectivity index (χ1n) is 6.88. The van der Waals surface area contributed by atoms with Gasteiger partial charge in [0, 0.05) is 11.8 Å². The SMILES string of the molecule is CC(C)(C)c1cccc(C=Nc2ccccc2Cl)c1O.[Cl][Zr][Cl]. The predicted octanol–water partition coefficient (Wildman–Crippen LogP) is 6.47. The Morgan fingerprint density at radius 2 is 1.65 bits per heavy atom. The summed E-state index contributed by atoms with van der Waals surface area (Å²) >= 11 is 5.23. The molecule has 0 heterocycles. The number of halogens is 3. The monoisotopic (exact) mass is 447 g/mol. The number of aliphatic imine (C=N–C) groups is 1. The summed E-state index contributed by atoms with van der Waals surface area (Å²) in [5, 5.41) is 10.9. The average Bonchev–Trinajstić information content (AvgIpc) is 2.47. The van der Waals surface area contributed by atoms with Crippen LogP contribution in [0.3, 0.4) is 0 Å². The minimum absolute atomic E-state index is 0.113. The number of nitrogens with zero attached hydrogens (tertiary/aromatic N) is 1. The van der Waals surface area contributed by atoms with Crippen molar-refractivity contribution < 1.29 is 26.0 Å². The number of rotatable bonds is 2. The van der Waals surface area contributed by atoms with E-state index in [-0.39, 0.29) is 11.2 Å². The molecule has 0 aromatic heterocycles. The average molecular weight is 450 g/mol. The van der Waals surface area contributed by atoms with Gasteiger partial charge >= 0.3 is 37.9 Å². The van der Waals surface area contributed by atoms with Gasteiger partial charge in [0.1, 0.15) is 5.75 Å². The fourth-order valence-electron chi connectivity index (χ4n) is 1.97. The number of hydrogen-bond acceptors (Lipinski definition) is 2. The minimum atomic E-state index is -0.826. The molecule has 0 unspecified atom stereocenters. The second kappa shape index (κ2) is 9.84. The molecule has 0 saturated heterocycles. The quantitative estimate of drug-likeness (QED) is 0.523. The maximum absolute atomic E-state index is 10.3. The van der Waals surface area contributed by atoms with E-state index in [2.05, 4.69) is 25.8 Å². The normalized spacial score (nSPS) is 11.0. The van der Waals surface area contributed by atoms with Crippen molar-refractivity contribution in [1.82, 2.24) is 0 Å². The van der Waals surface area contributed by atoms with Crippen molar-refractivity contribution in [2.75, 3.05) is 0 Å². The van der Waals surface area contributed by atoms with Crippen LogP contribution >= 0.6 is 28.6 Å². The Morgan fingerprint density at radius 3 is 2.22 bits per heavy atom. The summed E-state index contributed by atoms with van der Waals surface area (Å²) in [6.07, 6.45) is 1.64. The van der Waals surface area contributed by atoms with Crippen LogP contribution in [-0.2, 0) is 26.3 Å². The van der Waals surface area contributed by atoms with Crippen LogP contribution in [0.5, 0.6) is 5.75 Å². The van der Waals surface area contributed by atoms with Crippen molar-refractivity contribution in [3.05, 3.63) is 58.6 Å². The van der Waals surface area contributed by atoms with Crippen molar-refractivity contribution in [3.8, 4) is 5.75 Å². The van der Waals surface area contributed by atoms with Crippen LogP contribution in [0.15, 0.2) is 47.5 Å². The van der Waals surface area contributed by atoms with E-state index < -0.39 is 20.8 Å². The van der Waals surface area contributed by atoms with Gasteiger partial charge in [0.05, 0.1) is 10.7 Å². The second-order valence-corrected chi connectivity index (χ2v) is 9.91. The predicted molar refractivity (Wildman–Crippen MR) is 97.2 cm³/mol. The number of phenolic OH excluding ortho intramolecular Hbond substituents is 1. The molecule has 2 nitrogen and oxygen atoms in total. The molecule has 122 valence electrons. The van der Waals surface area contributed by atoms with Crippen LogP contribution in [0.1, 0.15) is 31.9 Å². The summed E-state index contributed by atoms with van der Waals surface area (Å²) in [7, 11) is 9.87. The van der Waals surface area contributed by atoms with Crippen molar-refractivity contribution in [1.29, 1.82) is 0 Å². The van der Waals surface area contributed by atoms with E-state index in [1.165, 1.54) is 0 Å². The van der Waals surface area contributed by atoms with Gasteiger partial charge in [-0.1, -0.05) is 56.6 Å². The van der Waals surface area contributed by atoms with E-state index in [1.807, 2.05) is 36.4 Å². The molecule has 0 atom stereocenters. The first-order valence-corrected chi connectivity index (χ1v) is 13.6. The van der Waals surface area contributed by atoms with Gasteiger partial charge in [-0.05, 0) is 29.2 Å². The maximum atomic E-state index is 10.3. The molecule has 0 bridgehead atoms. The van der Waals surface area contributed by atoms with E-state index in [4.69, 9.17) is 28.6 Å². The van der Waals surface area contributed by atoms with Crippen molar-refractivity contribution in [2.45, 2.75) is 26.2 Å². The zero-order valence-electron chi connectivity index (χ0n) is 13.1. The molecule has 0 radical (unpaired) electrons. The van der Waals surface area contributed by atoms with Gasteiger partial charge in [0.2, 0.25) is 0 Å². The van der Waals surface area contributed by atoms with Crippen LogP contribution in [0.4, 0.5) is 5.69 Å². The first-order chi connectivity index (χ1) is 10.8. The number of aromatic hydroxyl groups is 1. The number of hydrogen-bond donors (Lipinski definition) is 1. The molecule has 6 heteroatoms. The van der Waals surface area contributed by atoms with Crippen molar-refractivity contribution >= 4 is 40.5 Å². The van der Waals surface area contributed by atoms with E-state index in [0.29, 0.717) is 16.3 Å². The van der Waals surface area contributed by atoms with Crippen LogP contribution < -0.4 is 0 Å².